The number of hydrogen-bond donors (Lipinski definition) is 1. The summed E-state index contributed by atoms with van der Waals surface area (Å²) in [5.41, 5.74) is 8.46. The molecule has 0 fully saturated rings. The Labute approximate surface area is 174 Å². The number of rotatable bonds is 5. The number of nitrogens with two attached hydrogens (primary N) is 1. The third-order valence-corrected chi connectivity index (χ3v) is 9.41. The van der Waals surface area contributed by atoms with E-state index in [1.54, 1.807) is 0 Å². The van der Waals surface area contributed by atoms with E-state index in [1.165, 1.54) is 21.5 Å². The maximum absolute atomic E-state index is 6.38. The summed E-state index contributed by atoms with van der Waals surface area (Å²) in [6.45, 7) is 0. The second kappa shape index (κ2) is 9.06. The summed E-state index contributed by atoms with van der Waals surface area (Å²) in [4.78, 5) is 0. The van der Waals surface area contributed by atoms with Crippen molar-refractivity contribution < 1.29 is 12.4 Å². The monoisotopic (exact) mass is 403 g/mol. The van der Waals surface area contributed by atoms with Crippen molar-refractivity contribution in [3.63, 3.8) is 0 Å². The molecule has 0 heterocycles. The normalized spacial score (nSPS) is 10.9. The minimum atomic E-state index is -1.88. The molecular weight excluding hydrogens is 381 g/mol. The van der Waals surface area contributed by atoms with E-state index in [1.807, 2.05) is 12.1 Å². The molecule has 0 atom stereocenters. The largest absolute Gasteiger partial charge is 1.00 e. The van der Waals surface area contributed by atoms with Crippen LogP contribution in [0, 0.1) is 0 Å². The minimum absolute atomic E-state index is 0. The van der Waals surface area contributed by atoms with E-state index < -0.39 is 7.26 Å². The lowest BCUT2D eigenvalue weighted by Crippen LogP contribution is -3.00. The Kier molecular flexibility index (Phi) is 6.52. The summed E-state index contributed by atoms with van der Waals surface area (Å²) in [5, 5.41) is 4.14. The average Bonchev–Trinajstić information content (AvgIpc) is 2.75. The molecule has 0 saturated carbocycles. The molecule has 0 aliphatic carbocycles. The Balaban J connectivity index is 0.00000225. The molecule has 0 bridgehead atoms. The Morgan fingerprint density at radius 2 is 0.857 bits per heavy atom. The van der Waals surface area contributed by atoms with Crippen LogP contribution in [-0.4, -0.2) is 0 Å². The molecule has 0 amide bonds. The summed E-state index contributed by atoms with van der Waals surface area (Å²) < 4.78 is 0. The molecule has 1 nitrogen and oxygen atoms in total. The smallest absolute Gasteiger partial charge is 0.116 e. The van der Waals surface area contributed by atoms with E-state index >= 15 is 0 Å². The highest BCUT2D eigenvalue weighted by atomic mass is 35.5. The molecule has 2 N–H and O–H groups in total. The maximum atomic E-state index is 6.38. The van der Waals surface area contributed by atoms with Gasteiger partial charge in [0.2, 0.25) is 0 Å². The molecule has 4 rings (SSSR count). The third kappa shape index (κ3) is 3.83. The number of halogens is 1. The summed E-state index contributed by atoms with van der Waals surface area (Å²) in [5.74, 6) is 0. The van der Waals surface area contributed by atoms with Crippen LogP contribution in [0.15, 0.2) is 115 Å². The van der Waals surface area contributed by atoms with E-state index in [0.717, 1.165) is 11.8 Å². The van der Waals surface area contributed by atoms with Gasteiger partial charge in [-0.3, -0.25) is 0 Å². The predicted octanol–water partition coefficient (Wildman–Crippen LogP) is 1.77. The quantitative estimate of drug-likeness (QED) is 0.399. The SMILES string of the molecule is Nc1ccccc1C[P+](c1ccccc1)(c1ccccc1)c1ccccc1.[Cl-]. The van der Waals surface area contributed by atoms with Crippen LogP contribution in [0.2, 0.25) is 0 Å². The first kappa shape index (κ1) is 20.1. The summed E-state index contributed by atoms with van der Waals surface area (Å²) >= 11 is 0. The van der Waals surface area contributed by atoms with Crippen molar-refractivity contribution in [3.8, 4) is 0 Å². The number of anilines is 1. The lowest BCUT2D eigenvalue weighted by molar-refractivity contribution is -0.00000525. The highest BCUT2D eigenvalue weighted by Gasteiger charge is 2.45. The molecule has 0 aliphatic heterocycles. The topological polar surface area (TPSA) is 26.0 Å². The highest BCUT2D eigenvalue weighted by molar-refractivity contribution is 7.95. The van der Waals surface area contributed by atoms with Crippen LogP contribution in [0.25, 0.3) is 0 Å². The van der Waals surface area contributed by atoms with Gasteiger partial charge in [0.15, 0.2) is 0 Å². The molecule has 140 valence electrons. The number of para-hydroxylation sites is 1. The molecule has 4 aromatic rings. The van der Waals surface area contributed by atoms with E-state index in [9.17, 15) is 0 Å². The van der Waals surface area contributed by atoms with Crippen molar-refractivity contribution in [2.75, 3.05) is 5.73 Å². The standard InChI is InChI=1S/C25H23NP.ClH/c26-25-19-11-10-12-21(25)20-27(22-13-4-1-5-14-22,23-15-6-2-7-16-23)24-17-8-3-9-18-24;/h1-19H,20,26H2;1H/q+1;/p-1. The molecule has 0 unspecified atom stereocenters. The first-order valence-corrected chi connectivity index (χ1v) is 11.2. The van der Waals surface area contributed by atoms with E-state index in [0.29, 0.717) is 0 Å². The van der Waals surface area contributed by atoms with E-state index in [4.69, 9.17) is 5.73 Å². The molecule has 4 aromatic carbocycles. The van der Waals surface area contributed by atoms with Crippen molar-refractivity contribution in [2.24, 2.45) is 0 Å². The molecular formula is C25H23ClNP. The second-order valence-electron chi connectivity index (χ2n) is 6.67. The Hall–Kier alpha value is -2.60. The van der Waals surface area contributed by atoms with Gasteiger partial charge in [-0.15, -0.1) is 0 Å². The van der Waals surface area contributed by atoms with Crippen molar-refractivity contribution >= 4 is 28.9 Å². The van der Waals surface area contributed by atoms with Gasteiger partial charge in [-0.1, -0.05) is 72.8 Å². The van der Waals surface area contributed by atoms with Gasteiger partial charge in [0.05, 0.1) is 0 Å². The number of hydrogen-bond acceptors (Lipinski definition) is 1. The van der Waals surface area contributed by atoms with Crippen LogP contribution >= 0.6 is 7.26 Å². The Morgan fingerprint density at radius 1 is 0.500 bits per heavy atom. The van der Waals surface area contributed by atoms with Crippen LogP contribution in [0.3, 0.4) is 0 Å². The number of benzene rings is 4. The Morgan fingerprint density at radius 3 is 1.25 bits per heavy atom. The van der Waals surface area contributed by atoms with Crippen molar-refractivity contribution in [1.82, 2.24) is 0 Å². The van der Waals surface area contributed by atoms with E-state index in [2.05, 4.69) is 103 Å². The van der Waals surface area contributed by atoms with E-state index in [-0.39, 0.29) is 12.4 Å². The number of nitrogen functional groups attached to an aromatic ring is 1. The second-order valence-corrected chi connectivity index (χ2v) is 10.2. The van der Waals surface area contributed by atoms with Crippen LogP contribution < -0.4 is 34.1 Å². The molecule has 0 aromatic heterocycles. The summed E-state index contributed by atoms with van der Waals surface area (Å²) in [7, 11) is -1.88. The molecule has 3 heteroatoms. The van der Waals surface area contributed by atoms with Gasteiger partial charge < -0.3 is 18.1 Å². The van der Waals surface area contributed by atoms with Gasteiger partial charge in [-0.05, 0) is 42.5 Å². The van der Waals surface area contributed by atoms with Crippen molar-refractivity contribution in [1.29, 1.82) is 0 Å². The van der Waals surface area contributed by atoms with Crippen molar-refractivity contribution in [3.05, 3.63) is 121 Å². The van der Waals surface area contributed by atoms with Gasteiger partial charge in [0.25, 0.3) is 0 Å². The summed E-state index contributed by atoms with van der Waals surface area (Å²) in [6.07, 6.45) is 0.914. The maximum Gasteiger partial charge on any atom is 0.116 e. The zero-order valence-electron chi connectivity index (χ0n) is 15.6. The molecule has 0 spiro atoms. The zero-order valence-corrected chi connectivity index (χ0v) is 17.2. The van der Waals surface area contributed by atoms with Crippen LogP contribution in [0.5, 0.6) is 0 Å². The molecule has 0 saturated heterocycles. The fourth-order valence-electron chi connectivity index (χ4n) is 3.70. The lowest BCUT2D eigenvalue weighted by Gasteiger charge is -2.28. The van der Waals surface area contributed by atoms with Crippen LogP contribution in [0.4, 0.5) is 5.69 Å². The van der Waals surface area contributed by atoms with Gasteiger partial charge in [-0.2, -0.15) is 0 Å². The molecule has 0 radical (unpaired) electrons. The van der Waals surface area contributed by atoms with Gasteiger partial charge in [0, 0.05) is 11.3 Å². The average molecular weight is 404 g/mol. The Bertz CT molecular complexity index is 907. The molecule has 28 heavy (non-hydrogen) atoms. The van der Waals surface area contributed by atoms with Crippen LogP contribution in [0.1, 0.15) is 5.56 Å². The summed E-state index contributed by atoms with van der Waals surface area (Å²) in [6, 6.07) is 41.0. The van der Waals surface area contributed by atoms with Gasteiger partial charge in [-0.25, -0.2) is 0 Å². The fourth-order valence-corrected chi connectivity index (χ4v) is 7.99. The van der Waals surface area contributed by atoms with Crippen LogP contribution in [-0.2, 0) is 6.16 Å². The fraction of sp³-hybridized carbons (Fsp3) is 0.0400. The lowest BCUT2D eigenvalue weighted by atomic mass is 10.2. The first-order valence-electron chi connectivity index (χ1n) is 9.19. The van der Waals surface area contributed by atoms with Gasteiger partial charge >= 0.3 is 0 Å². The van der Waals surface area contributed by atoms with Gasteiger partial charge in [0.1, 0.15) is 29.3 Å². The predicted molar refractivity (Wildman–Crippen MR) is 120 cm³/mol. The third-order valence-electron chi connectivity index (χ3n) is 5.05. The minimum Gasteiger partial charge on any atom is -1.00 e. The molecule has 0 aliphatic rings. The van der Waals surface area contributed by atoms with Crippen molar-refractivity contribution in [2.45, 2.75) is 6.16 Å². The first-order chi connectivity index (χ1) is 13.3. The zero-order chi connectivity index (χ0) is 18.5. The highest BCUT2D eigenvalue weighted by Crippen LogP contribution is 2.58.